The van der Waals surface area contributed by atoms with Crippen molar-refractivity contribution in [2.24, 2.45) is 11.3 Å². The first-order valence-corrected chi connectivity index (χ1v) is 6.97. The Morgan fingerprint density at radius 1 is 1.28 bits per heavy atom. The van der Waals surface area contributed by atoms with Crippen molar-refractivity contribution in [1.82, 2.24) is 0 Å². The summed E-state index contributed by atoms with van der Waals surface area (Å²) in [6.45, 7) is 8.33. The Morgan fingerprint density at radius 3 is 2.61 bits per heavy atom. The van der Waals surface area contributed by atoms with E-state index in [-0.39, 0.29) is 11.0 Å². The molecule has 3 rings (SSSR count). The van der Waals surface area contributed by atoms with Crippen LogP contribution in [0, 0.1) is 11.3 Å². The van der Waals surface area contributed by atoms with Gasteiger partial charge in [0.15, 0.2) is 5.79 Å². The van der Waals surface area contributed by atoms with Crippen LogP contribution in [-0.2, 0) is 4.74 Å². The first kappa shape index (κ1) is 12.6. The average molecular weight is 252 g/mol. The van der Waals surface area contributed by atoms with E-state index in [9.17, 15) is 10.2 Å². The molecular formula is C15H24O3. The maximum absolute atomic E-state index is 10.6. The molecule has 3 nitrogen and oxygen atoms in total. The van der Waals surface area contributed by atoms with E-state index in [1.807, 2.05) is 6.08 Å². The van der Waals surface area contributed by atoms with Crippen LogP contribution >= 0.6 is 0 Å². The minimum Gasteiger partial charge on any atom is -0.380 e. The Labute approximate surface area is 109 Å². The van der Waals surface area contributed by atoms with Crippen LogP contribution in [0.3, 0.4) is 0 Å². The normalized spacial score (nSPS) is 53.9. The van der Waals surface area contributed by atoms with Crippen molar-refractivity contribution in [3.05, 3.63) is 11.6 Å². The molecule has 2 heterocycles. The fourth-order valence-electron chi connectivity index (χ4n) is 4.22. The highest BCUT2D eigenvalue weighted by Gasteiger charge is 2.64. The monoisotopic (exact) mass is 252 g/mol. The number of hydrogen-bond donors (Lipinski definition) is 2. The van der Waals surface area contributed by atoms with Crippen molar-refractivity contribution in [2.75, 3.05) is 0 Å². The Hall–Kier alpha value is -0.380. The predicted octanol–water partition coefficient (Wildman–Crippen LogP) is 2.37. The highest BCUT2D eigenvalue weighted by atomic mass is 16.7. The van der Waals surface area contributed by atoms with E-state index in [0.717, 1.165) is 19.3 Å². The highest BCUT2D eigenvalue weighted by molar-refractivity contribution is 5.35. The summed E-state index contributed by atoms with van der Waals surface area (Å²) in [6.07, 6.45) is 5.17. The van der Waals surface area contributed by atoms with Crippen molar-refractivity contribution < 1.29 is 14.9 Å². The van der Waals surface area contributed by atoms with E-state index < -0.39 is 11.4 Å². The summed E-state index contributed by atoms with van der Waals surface area (Å²) in [7, 11) is 0. The van der Waals surface area contributed by atoms with Crippen molar-refractivity contribution in [3.8, 4) is 0 Å². The second kappa shape index (κ2) is 3.20. The van der Waals surface area contributed by atoms with Gasteiger partial charge in [-0.15, -0.1) is 0 Å². The fourth-order valence-corrected chi connectivity index (χ4v) is 4.22. The van der Waals surface area contributed by atoms with Gasteiger partial charge in [0.2, 0.25) is 0 Å². The van der Waals surface area contributed by atoms with Gasteiger partial charge in [0, 0.05) is 6.42 Å². The van der Waals surface area contributed by atoms with Crippen LogP contribution in [0.5, 0.6) is 0 Å². The van der Waals surface area contributed by atoms with Gasteiger partial charge in [-0.3, -0.25) is 0 Å². The van der Waals surface area contributed by atoms with E-state index in [4.69, 9.17) is 4.74 Å². The average Bonchev–Trinajstić information content (AvgIpc) is 2.43. The fraction of sp³-hybridized carbons (Fsp3) is 0.867. The molecule has 0 radical (unpaired) electrons. The molecule has 2 bridgehead atoms. The van der Waals surface area contributed by atoms with Crippen LogP contribution in [0.1, 0.15) is 53.4 Å². The number of fused-ring (bicyclic) bond motifs is 1. The number of ether oxygens (including phenoxy) is 1. The van der Waals surface area contributed by atoms with Gasteiger partial charge in [0.25, 0.3) is 0 Å². The first-order valence-electron chi connectivity index (χ1n) is 6.97. The summed E-state index contributed by atoms with van der Waals surface area (Å²) < 4.78 is 6.12. The van der Waals surface area contributed by atoms with Crippen LogP contribution in [0.25, 0.3) is 0 Å². The summed E-state index contributed by atoms with van der Waals surface area (Å²) >= 11 is 0. The largest absolute Gasteiger partial charge is 0.380 e. The smallest absolute Gasteiger partial charge is 0.199 e. The Balaban J connectivity index is 2.15. The number of hydrogen-bond acceptors (Lipinski definition) is 3. The van der Waals surface area contributed by atoms with Crippen molar-refractivity contribution in [3.63, 3.8) is 0 Å². The van der Waals surface area contributed by atoms with Gasteiger partial charge in [-0.05, 0) is 49.2 Å². The molecular weight excluding hydrogens is 228 g/mol. The Kier molecular flexibility index (Phi) is 2.24. The van der Waals surface area contributed by atoms with Crippen molar-refractivity contribution in [2.45, 2.75) is 70.4 Å². The van der Waals surface area contributed by atoms with Crippen LogP contribution in [0.15, 0.2) is 11.6 Å². The minimum absolute atomic E-state index is 0.179. The van der Waals surface area contributed by atoms with Gasteiger partial charge >= 0.3 is 0 Å². The summed E-state index contributed by atoms with van der Waals surface area (Å²) in [4.78, 5) is 0. The lowest BCUT2D eigenvalue weighted by atomic mass is 9.69. The zero-order chi connectivity index (χ0) is 13.4. The number of rotatable bonds is 0. The third-order valence-electron chi connectivity index (χ3n) is 5.26. The molecule has 4 atom stereocenters. The van der Waals surface area contributed by atoms with Crippen LogP contribution in [0.4, 0.5) is 0 Å². The van der Waals surface area contributed by atoms with E-state index >= 15 is 0 Å². The molecule has 102 valence electrons. The van der Waals surface area contributed by atoms with Gasteiger partial charge in [-0.1, -0.05) is 20.8 Å². The van der Waals surface area contributed by atoms with E-state index in [1.165, 1.54) is 5.57 Å². The lowest BCUT2D eigenvalue weighted by Gasteiger charge is -2.56. The van der Waals surface area contributed by atoms with E-state index in [2.05, 4.69) is 20.8 Å². The second-order valence-electron chi connectivity index (χ2n) is 7.55. The first-order chi connectivity index (χ1) is 8.10. The van der Waals surface area contributed by atoms with Crippen molar-refractivity contribution in [1.29, 1.82) is 0 Å². The Bertz CT molecular complexity index is 423. The van der Waals surface area contributed by atoms with E-state index in [1.54, 1.807) is 6.92 Å². The van der Waals surface area contributed by atoms with Gasteiger partial charge in [0.05, 0.1) is 5.60 Å². The SMILES string of the molecule is C[C@@H]1CC[C@@]2(O)O[C@]13CC(C)(C)CC3=C[C@@]2(C)O. The quantitative estimate of drug-likeness (QED) is 0.651. The molecule has 3 heteroatoms. The summed E-state index contributed by atoms with van der Waals surface area (Å²) in [5, 5.41) is 21.1. The lowest BCUT2D eigenvalue weighted by Crippen LogP contribution is -2.65. The Morgan fingerprint density at radius 2 is 1.94 bits per heavy atom. The predicted molar refractivity (Wildman–Crippen MR) is 68.9 cm³/mol. The zero-order valence-corrected chi connectivity index (χ0v) is 11.8. The molecule has 1 aliphatic carbocycles. The van der Waals surface area contributed by atoms with Crippen LogP contribution < -0.4 is 0 Å². The van der Waals surface area contributed by atoms with E-state index in [0.29, 0.717) is 12.3 Å². The summed E-state index contributed by atoms with van der Waals surface area (Å²) in [5.41, 5.74) is -0.251. The third kappa shape index (κ3) is 1.41. The minimum atomic E-state index is -1.41. The molecule has 2 N–H and O–H groups in total. The van der Waals surface area contributed by atoms with Gasteiger partial charge < -0.3 is 14.9 Å². The molecule has 2 fully saturated rings. The number of aliphatic hydroxyl groups is 2. The zero-order valence-electron chi connectivity index (χ0n) is 11.8. The lowest BCUT2D eigenvalue weighted by molar-refractivity contribution is -0.354. The van der Waals surface area contributed by atoms with Gasteiger partial charge in [0.1, 0.15) is 5.60 Å². The third-order valence-corrected chi connectivity index (χ3v) is 5.26. The molecule has 1 saturated heterocycles. The van der Waals surface area contributed by atoms with Crippen LogP contribution in [0.2, 0.25) is 0 Å². The standard InChI is InChI=1S/C15H24O3/c1-10-5-6-15(17)13(4,16)8-11-7-12(2,3)9-14(10,11)18-15/h8,10,16-17H,5-7,9H2,1-4H3/t10-,13-,14-,15-/m1/s1. The molecule has 1 spiro atoms. The molecule has 0 aromatic carbocycles. The van der Waals surface area contributed by atoms with Gasteiger partial charge in [-0.25, -0.2) is 0 Å². The molecule has 18 heavy (non-hydrogen) atoms. The maximum atomic E-state index is 10.6. The van der Waals surface area contributed by atoms with Crippen molar-refractivity contribution >= 4 is 0 Å². The summed E-state index contributed by atoms with van der Waals surface area (Å²) in [5.74, 6) is -1.01. The molecule has 0 amide bonds. The second-order valence-corrected chi connectivity index (χ2v) is 7.55. The molecule has 2 aliphatic heterocycles. The molecule has 0 aromatic rings. The van der Waals surface area contributed by atoms with Crippen LogP contribution in [-0.4, -0.2) is 27.2 Å². The topological polar surface area (TPSA) is 49.7 Å². The molecule has 3 aliphatic rings. The van der Waals surface area contributed by atoms with Gasteiger partial charge in [-0.2, -0.15) is 0 Å². The highest BCUT2D eigenvalue weighted by Crippen LogP contribution is 2.61. The molecule has 1 saturated carbocycles. The summed E-state index contributed by atoms with van der Waals surface area (Å²) in [6, 6.07) is 0. The molecule has 0 unspecified atom stereocenters. The maximum Gasteiger partial charge on any atom is 0.199 e. The molecule has 0 aromatic heterocycles.